The number of benzene rings is 1. The molecule has 1 N–H and O–H groups in total. The zero-order valence-corrected chi connectivity index (χ0v) is 11.8. The van der Waals surface area contributed by atoms with Crippen molar-refractivity contribution < 1.29 is 9.59 Å². The Bertz CT molecular complexity index is 530. The number of carbonyl (C=O) groups excluding carboxylic acids is 2. The molecule has 2 aliphatic rings. The molecule has 2 amide bonds. The number of hydrogen-bond acceptors (Lipinski definition) is 3. The number of piperidine rings is 1. The summed E-state index contributed by atoms with van der Waals surface area (Å²) >= 11 is 0.197. The Hall–Kier alpha value is -1.16. The van der Waals surface area contributed by atoms with Crippen molar-refractivity contribution >= 4 is 31.5 Å². The van der Waals surface area contributed by atoms with Gasteiger partial charge in [0, 0.05) is 0 Å². The second-order valence-corrected chi connectivity index (χ2v) is 6.92. The van der Waals surface area contributed by atoms with Crippen molar-refractivity contribution in [1.82, 2.24) is 9.23 Å². The standard InChI is InChI=1S/C13H14N2O2Se/c1-8-3-2-4-9-7-15(18-12(8)9)10-5-6-11(16)14-13(10)17/h2-4,10H,5-7H2,1H3,(H,14,16,17). The summed E-state index contributed by atoms with van der Waals surface area (Å²) in [6, 6.07) is 6.19. The van der Waals surface area contributed by atoms with Crippen molar-refractivity contribution in [1.29, 1.82) is 0 Å². The van der Waals surface area contributed by atoms with E-state index in [2.05, 4.69) is 34.4 Å². The summed E-state index contributed by atoms with van der Waals surface area (Å²) in [5.41, 5.74) is 2.64. The number of fused-ring (bicyclic) bond motifs is 1. The van der Waals surface area contributed by atoms with Gasteiger partial charge in [-0.2, -0.15) is 0 Å². The van der Waals surface area contributed by atoms with E-state index in [1.165, 1.54) is 15.6 Å². The molecule has 1 unspecified atom stereocenters. The predicted octanol–water partition coefficient (Wildman–Crippen LogP) is -0.140. The molecule has 0 radical (unpaired) electrons. The number of imide groups is 1. The van der Waals surface area contributed by atoms with Crippen molar-refractivity contribution in [3.05, 3.63) is 29.3 Å². The predicted molar refractivity (Wildman–Crippen MR) is 68.3 cm³/mol. The molecule has 1 aromatic carbocycles. The van der Waals surface area contributed by atoms with Crippen molar-refractivity contribution in [2.24, 2.45) is 0 Å². The second-order valence-electron chi connectivity index (χ2n) is 4.70. The number of aryl methyl sites for hydroxylation is 1. The third kappa shape index (κ3) is 1.99. The number of carbonyl (C=O) groups is 2. The average Bonchev–Trinajstić information content (AvgIpc) is 2.74. The van der Waals surface area contributed by atoms with Crippen LogP contribution in [0.5, 0.6) is 0 Å². The fraction of sp³-hybridized carbons (Fsp3) is 0.385. The first-order valence-electron chi connectivity index (χ1n) is 6.02. The van der Waals surface area contributed by atoms with Crippen molar-refractivity contribution in [3.63, 3.8) is 0 Å². The molecule has 1 atom stereocenters. The summed E-state index contributed by atoms with van der Waals surface area (Å²) < 4.78 is 3.63. The van der Waals surface area contributed by atoms with E-state index in [1.54, 1.807) is 0 Å². The van der Waals surface area contributed by atoms with E-state index in [0.717, 1.165) is 6.54 Å². The molecule has 0 bridgehead atoms. The summed E-state index contributed by atoms with van der Waals surface area (Å²) in [7, 11) is 0. The SMILES string of the molecule is Cc1cccc2c1[Se]N(C1CCC(=O)NC1=O)C2. The number of amides is 2. The summed E-state index contributed by atoms with van der Waals surface area (Å²) in [5.74, 6) is -0.268. The molecule has 2 heterocycles. The fourth-order valence-electron chi connectivity index (χ4n) is 2.42. The van der Waals surface area contributed by atoms with E-state index in [4.69, 9.17) is 0 Å². The first-order valence-corrected chi connectivity index (χ1v) is 7.64. The Morgan fingerprint density at radius 2 is 2.22 bits per heavy atom. The number of nitrogens with zero attached hydrogens (tertiary/aromatic N) is 1. The maximum absolute atomic E-state index is 11.9. The van der Waals surface area contributed by atoms with Gasteiger partial charge in [-0.25, -0.2) is 0 Å². The van der Waals surface area contributed by atoms with Crippen LogP contribution in [-0.2, 0) is 16.1 Å². The second kappa shape index (κ2) is 4.50. The summed E-state index contributed by atoms with van der Waals surface area (Å²) in [6.45, 7) is 2.96. The van der Waals surface area contributed by atoms with E-state index in [0.29, 0.717) is 12.8 Å². The van der Waals surface area contributed by atoms with Gasteiger partial charge >= 0.3 is 112 Å². The molecule has 94 valence electrons. The van der Waals surface area contributed by atoms with Gasteiger partial charge in [0.1, 0.15) is 0 Å². The minimum absolute atomic E-state index is 0.126. The Morgan fingerprint density at radius 3 is 2.94 bits per heavy atom. The van der Waals surface area contributed by atoms with Gasteiger partial charge in [-0.05, 0) is 0 Å². The molecule has 2 aliphatic heterocycles. The van der Waals surface area contributed by atoms with Crippen LogP contribution in [0.25, 0.3) is 0 Å². The first kappa shape index (κ1) is 11.9. The van der Waals surface area contributed by atoms with Gasteiger partial charge in [0.15, 0.2) is 0 Å². The molecule has 1 saturated heterocycles. The monoisotopic (exact) mass is 310 g/mol. The third-order valence-corrected chi connectivity index (χ3v) is 6.29. The van der Waals surface area contributed by atoms with Gasteiger partial charge in [-0.1, -0.05) is 0 Å². The molecule has 0 aromatic heterocycles. The molecular formula is C13H14N2O2Se. The van der Waals surface area contributed by atoms with Crippen molar-refractivity contribution in [2.75, 3.05) is 0 Å². The quantitative estimate of drug-likeness (QED) is 0.580. The molecule has 1 aromatic rings. The first-order chi connectivity index (χ1) is 8.65. The van der Waals surface area contributed by atoms with Gasteiger partial charge in [0.25, 0.3) is 0 Å². The molecule has 0 spiro atoms. The number of rotatable bonds is 1. The molecule has 1 fully saturated rings. The summed E-state index contributed by atoms with van der Waals surface area (Å²) in [6.07, 6.45) is 1.11. The Balaban J connectivity index is 1.80. The van der Waals surface area contributed by atoms with Gasteiger partial charge < -0.3 is 0 Å². The summed E-state index contributed by atoms with van der Waals surface area (Å²) in [4.78, 5) is 23.0. The molecule has 5 heteroatoms. The molecule has 0 saturated carbocycles. The Labute approximate surface area is 112 Å². The van der Waals surface area contributed by atoms with Crippen LogP contribution < -0.4 is 9.78 Å². The van der Waals surface area contributed by atoms with Crippen LogP contribution in [0.1, 0.15) is 24.0 Å². The van der Waals surface area contributed by atoms with Crippen molar-refractivity contribution in [3.8, 4) is 0 Å². The minimum atomic E-state index is -0.142. The van der Waals surface area contributed by atoms with Crippen molar-refractivity contribution in [2.45, 2.75) is 32.4 Å². The third-order valence-electron chi connectivity index (χ3n) is 3.39. The maximum atomic E-state index is 11.9. The van der Waals surface area contributed by atoms with Gasteiger partial charge in [0.05, 0.1) is 0 Å². The fourth-order valence-corrected chi connectivity index (χ4v) is 4.99. The van der Waals surface area contributed by atoms with Crippen LogP contribution in [0.3, 0.4) is 0 Å². The van der Waals surface area contributed by atoms with Crippen LogP contribution in [-0.4, -0.2) is 36.9 Å². The zero-order valence-electron chi connectivity index (χ0n) is 10.1. The molecule has 18 heavy (non-hydrogen) atoms. The number of hydrogen-bond donors (Lipinski definition) is 1. The Morgan fingerprint density at radius 1 is 1.39 bits per heavy atom. The van der Waals surface area contributed by atoms with Crippen LogP contribution >= 0.6 is 0 Å². The van der Waals surface area contributed by atoms with Gasteiger partial charge in [0.2, 0.25) is 0 Å². The number of nitrogens with one attached hydrogen (secondary N) is 1. The molecule has 3 rings (SSSR count). The molecule has 0 aliphatic carbocycles. The Kier molecular flexibility index (Phi) is 2.98. The molecular weight excluding hydrogens is 295 g/mol. The van der Waals surface area contributed by atoms with E-state index in [-0.39, 0.29) is 33.0 Å². The van der Waals surface area contributed by atoms with Gasteiger partial charge in [-0.3, -0.25) is 0 Å². The van der Waals surface area contributed by atoms with Gasteiger partial charge in [-0.15, -0.1) is 0 Å². The topological polar surface area (TPSA) is 49.4 Å². The zero-order chi connectivity index (χ0) is 12.7. The van der Waals surface area contributed by atoms with E-state index in [9.17, 15) is 9.59 Å². The average molecular weight is 309 g/mol. The van der Waals surface area contributed by atoms with E-state index in [1.807, 2.05) is 0 Å². The van der Waals surface area contributed by atoms with Crippen LogP contribution in [0.15, 0.2) is 18.2 Å². The van der Waals surface area contributed by atoms with Crippen LogP contribution in [0.4, 0.5) is 0 Å². The summed E-state index contributed by atoms with van der Waals surface area (Å²) in [5, 5.41) is 2.44. The van der Waals surface area contributed by atoms with Crippen LogP contribution in [0.2, 0.25) is 0 Å². The van der Waals surface area contributed by atoms with E-state index < -0.39 is 0 Å². The van der Waals surface area contributed by atoms with E-state index >= 15 is 0 Å². The molecule has 4 nitrogen and oxygen atoms in total. The van der Waals surface area contributed by atoms with Crippen LogP contribution in [0, 0.1) is 6.92 Å². The normalized spacial score (nSPS) is 23.9.